The van der Waals surface area contributed by atoms with Gasteiger partial charge < -0.3 is 0 Å². The number of carbonyl (C=O) groups excluding carboxylic acids is 2. The molecule has 0 radical (unpaired) electrons. The van der Waals surface area contributed by atoms with Crippen molar-refractivity contribution in [2.24, 2.45) is 5.41 Å². The highest BCUT2D eigenvalue weighted by molar-refractivity contribution is 6.06. The summed E-state index contributed by atoms with van der Waals surface area (Å²) in [6.45, 7) is 4.35. The summed E-state index contributed by atoms with van der Waals surface area (Å²) in [5, 5.41) is 12.0. The number of hydrogen-bond acceptors (Lipinski definition) is 4. The van der Waals surface area contributed by atoms with Crippen LogP contribution in [0.4, 0.5) is 0 Å². The lowest BCUT2D eigenvalue weighted by atomic mass is 9.77. The van der Waals surface area contributed by atoms with Gasteiger partial charge in [0.05, 0.1) is 18.2 Å². The minimum atomic E-state index is -0.764. The predicted molar refractivity (Wildman–Crippen MR) is 82.6 cm³/mol. The summed E-state index contributed by atoms with van der Waals surface area (Å²) < 4.78 is 0. The molecule has 0 saturated carbocycles. The summed E-state index contributed by atoms with van der Waals surface area (Å²) in [5.41, 5.74) is -0.285. The van der Waals surface area contributed by atoms with Gasteiger partial charge in [-0.25, -0.2) is 0 Å². The first-order valence-electron chi connectivity index (χ1n) is 7.24. The monoisotopic (exact) mass is 297 g/mol. The van der Waals surface area contributed by atoms with E-state index in [-0.39, 0.29) is 24.9 Å². The molecule has 1 heterocycles. The van der Waals surface area contributed by atoms with E-state index in [1.807, 2.05) is 6.07 Å². The average Bonchev–Trinajstić information content (AvgIpc) is 2.56. The van der Waals surface area contributed by atoms with Crippen LogP contribution in [0, 0.1) is 16.7 Å². The van der Waals surface area contributed by atoms with Crippen molar-refractivity contribution in [3.63, 3.8) is 0 Å². The molecule has 0 unspecified atom stereocenters. The van der Waals surface area contributed by atoms with Gasteiger partial charge in [0.2, 0.25) is 5.91 Å². The third-order valence-electron chi connectivity index (χ3n) is 3.95. The largest absolute Gasteiger partial charge is 0.298 e. The molecule has 2 amide bonds. The predicted octanol–water partition coefficient (Wildman–Crippen LogP) is 2.08. The van der Waals surface area contributed by atoms with Crippen LogP contribution in [0.3, 0.4) is 0 Å². The van der Waals surface area contributed by atoms with Gasteiger partial charge in [-0.1, -0.05) is 24.3 Å². The Hall–Kier alpha value is -2.45. The lowest BCUT2D eigenvalue weighted by molar-refractivity contribution is -0.143. The second-order valence-electron chi connectivity index (χ2n) is 5.42. The average molecular weight is 297 g/mol. The molecule has 2 rings (SSSR count). The van der Waals surface area contributed by atoms with Crippen LogP contribution < -0.4 is 5.32 Å². The van der Waals surface area contributed by atoms with E-state index in [9.17, 15) is 9.59 Å². The normalized spacial score (nSPS) is 21.2. The standard InChI is InChI=1S/C17H19N3O2/c1-2-9-17(10-6-11-18)12-19-13-20(16(17)22)15(21)14-7-4-3-5-8-14/h2-5,7-8,19H,1,6,9-10,12-13H2/t17-/m0/s1. The first-order chi connectivity index (χ1) is 10.6. The van der Waals surface area contributed by atoms with Gasteiger partial charge in [0, 0.05) is 18.5 Å². The van der Waals surface area contributed by atoms with E-state index < -0.39 is 5.41 Å². The fraction of sp³-hybridized carbons (Fsp3) is 0.353. The minimum absolute atomic E-state index is 0.192. The number of imide groups is 1. The molecule has 1 saturated heterocycles. The van der Waals surface area contributed by atoms with Crippen LogP contribution in [0.25, 0.3) is 0 Å². The van der Waals surface area contributed by atoms with Crippen molar-refractivity contribution in [2.75, 3.05) is 13.2 Å². The summed E-state index contributed by atoms with van der Waals surface area (Å²) in [6, 6.07) is 10.8. The highest BCUT2D eigenvalue weighted by Gasteiger charge is 2.44. The molecular weight excluding hydrogens is 278 g/mol. The molecule has 0 aliphatic carbocycles. The summed E-state index contributed by atoms with van der Waals surface area (Å²) in [6.07, 6.45) is 2.81. The van der Waals surface area contributed by atoms with Gasteiger partial charge in [0.15, 0.2) is 0 Å². The van der Waals surface area contributed by atoms with E-state index in [1.165, 1.54) is 4.90 Å². The molecule has 1 aromatic carbocycles. The van der Waals surface area contributed by atoms with Crippen molar-refractivity contribution in [2.45, 2.75) is 19.3 Å². The summed E-state index contributed by atoms with van der Waals surface area (Å²) >= 11 is 0. The van der Waals surface area contributed by atoms with Crippen LogP contribution in [0.5, 0.6) is 0 Å². The molecule has 5 nitrogen and oxygen atoms in total. The van der Waals surface area contributed by atoms with Crippen LogP contribution in [-0.2, 0) is 4.79 Å². The van der Waals surface area contributed by atoms with E-state index in [2.05, 4.69) is 18.0 Å². The van der Waals surface area contributed by atoms with Crippen molar-refractivity contribution in [3.8, 4) is 6.07 Å². The van der Waals surface area contributed by atoms with E-state index in [1.54, 1.807) is 30.3 Å². The van der Waals surface area contributed by atoms with E-state index in [0.717, 1.165) is 0 Å². The maximum Gasteiger partial charge on any atom is 0.261 e. The van der Waals surface area contributed by atoms with Gasteiger partial charge in [0.1, 0.15) is 0 Å². The summed E-state index contributed by atoms with van der Waals surface area (Å²) in [7, 11) is 0. The number of nitriles is 1. The number of amides is 2. The van der Waals surface area contributed by atoms with Gasteiger partial charge in [-0.15, -0.1) is 6.58 Å². The molecule has 22 heavy (non-hydrogen) atoms. The third kappa shape index (κ3) is 3.07. The Labute approximate surface area is 130 Å². The first-order valence-corrected chi connectivity index (χ1v) is 7.24. The Balaban J connectivity index is 2.26. The molecule has 0 spiro atoms. The molecular formula is C17H19N3O2. The van der Waals surface area contributed by atoms with E-state index in [4.69, 9.17) is 5.26 Å². The Bertz CT molecular complexity index is 606. The van der Waals surface area contributed by atoms with E-state index >= 15 is 0 Å². The Kier molecular flexibility index (Phi) is 5.08. The number of nitrogens with one attached hydrogen (secondary N) is 1. The molecule has 5 heteroatoms. The number of allylic oxidation sites excluding steroid dienone is 1. The van der Waals surface area contributed by atoms with E-state index in [0.29, 0.717) is 24.9 Å². The van der Waals surface area contributed by atoms with Crippen LogP contribution in [0.1, 0.15) is 29.6 Å². The van der Waals surface area contributed by atoms with Crippen LogP contribution in [0.15, 0.2) is 43.0 Å². The molecule has 1 aromatic rings. The Morgan fingerprint density at radius 1 is 1.45 bits per heavy atom. The highest BCUT2D eigenvalue weighted by Crippen LogP contribution is 2.33. The number of rotatable bonds is 5. The fourth-order valence-electron chi connectivity index (χ4n) is 2.77. The van der Waals surface area contributed by atoms with Crippen molar-refractivity contribution in [1.82, 2.24) is 10.2 Å². The van der Waals surface area contributed by atoms with Gasteiger partial charge in [-0.2, -0.15) is 5.26 Å². The van der Waals surface area contributed by atoms with Gasteiger partial charge >= 0.3 is 0 Å². The molecule has 1 fully saturated rings. The van der Waals surface area contributed by atoms with Crippen LogP contribution in [0.2, 0.25) is 0 Å². The maximum absolute atomic E-state index is 12.9. The molecule has 114 valence electrons. The topological polar surface area (TPSA) is 73.2 Å². The van der Waals surface area contributed by atoms with Gasteiger partial charge in [-0.05, 0) is 25.0 Å². The number of hydrogen-bond donors (Lipinski definition) is 1. The van der Waals surface area contributed by atoms with Crippen molar-refractivity contribution >= 4 is 11.8 Å². The zero-order valence-corrected chi connectivity index (χ0v) is 12.4. The third-order valence-corrected chi connectivity index (χ3v) is 3.95. The number of nitrogens with zero attached hydrogens (tertiary/aromatic N) is 2. The SMILES string of the molecule is C=CC[C@]1(CCC#N)CNCN(C(=O)c2ccccc2)C1=O. The van der Waals surface area contributed by atoms with Crippen LogP contribution in [-0.4, -0.2) is 29.9 Å². The second kappa shape index (κ2) is 7.01. The van der Waals surface area contributed by atoms with Gasteiger partial charge in [-0.3, -0.25) is 19.8 Å². The highest BCUT2D eigenvalue weighted by atomic mass is 16.2. The Morgan fingerprint density at radius 2 is 2.18 bits per heavy atom. The zero-order chi connectivity index (χ0) is 16.0. The smallest absolute Gasteiger partial charge is 0.261 e. The molecule has 1 aliphatic rings. The molecule has 1 aliphatic heterocycles. The molecule has 0 aromatic heterocycles. The molecule has 1 atom stereocenters. The number of carbonyl (C=O) groups is 2. The quantitative estimate of drug-likeness (QED) is 0.667. The van der Waals surface area contributed by atoms with Crippen LogP contribution >= 0.6 is 0 Å². The lowest BCUT2D eigenvalue weighted by Gasteiger charge is -2.40. The van der Waals surface area contributed by atoms with Gasteiger partial charge in [0.25, 0.3) is 5.91 Å². The summed E-state index contributed by atoms with van der Waals surface area (Å²) in [5.74, 6) is -0.543. The lowest BCUT2D eigenvalue weighted by Crippen LogP contribution is -2.59. The fourth-order valence-corrected chi connectivity index (χ4v) is 2.77. The number of benzene rings is 1. The first kappa shape index (κ1) is 15.9. The van der Waals surface area contributed by atoms with Crippen molar-refractivity contribution < 1.29 is 9.59 Å². The minimum Gasteiger partial charge on any atom is -0.298 e. The zero-order valence-electron chi connectivity index (χ0n) is 12.4. The molecule has 0 bridgehead atoms. The van der Waals surface area contributed by atoms with Crippen molar-refractivity contribution in [3.05, 3.63) is 48.6 Å². The maximum atomic E-state index is 12.9. The second-order valence-corrected chi connectivity index (χ2v) is 5.42. The van der Waals surface area contributed by atoms with Crippen molar-refractivity contribution in [1.29, 1.82) is 5.26 Å². The Morgan fingerprint density at radius 3 is 2.82 bits per heavy atom. The molecule has 1 N–H and O–H groups in total. The summed E-state index contributed by atoms with van der Waals surface area (Å²) in [4.78, 5) is 26.7.